The van der Waals surface area contributed by atoms with Crippen molar-refractivity contribution in [3.05, 3.63) is 88.3 Å². The van der Waals surface area contributed by atoms with Gasteiger partial charge in [-0.3, -0.25) is 19.6 Å². The van der Waals surface area contributed by atoms with E-state index in [1.165, 1.54) is 12.1 Å². The van der Waals surface area contributed by atoms with E-state index < -0.39 is 0 Å². The normalized spacial score (nSPS) is 13.6. The van der Waals surface area contributed by atoms with Crippen molar-refractivity contribution in [1.82, 2.24) is 20.2 Å². The number of halogens is 1. The molecule has 1 aliphatic rings. The molecule has 0 fully saturated rings. The minimum Gasteiger partial charge on any atom is -0.487 e. The van der Waals surface area contributed by atoms with Gasteiger partial charge in [-0.2, -0.15) is 0 Å². The van der Waals surface area contributed by atoms with Crippen LogP contribution >= 0.6 is 0 Å². The summed E-state index contributed by atoms with van der Waals surface area (Å²) in [6.45, 7) is 4.53. The van der Waals surface area contributed by atoms with E-state index in [1.807, 2.05) is 19.9 Å². The van der Waals surface area contributed by atoms with Crippen LogP contribution in [0, 0.1) is 12.7 Å². The number of carbonyl (C=O) groups excluding carboxylic acids is 2. The fourth-order valence-electron chi connectivity index (χ4n) is 3.86. The third-order valence-electron chi connectivity index (χ3n) is 5.86. The number of carbonyl (C=O) groups is 2. The van der Waals surface area contributed by atoms with Gasteiger partial charge >= 0.3 is 0 Å². The van der Waals surface area contributed by atoms with E-state index >= 15 is 0 Å². The Morgan fingerprint density at radius 2 is 2.00 bits per heavy atom. The van der Waals surface area contributed by atoms with Gasteiger partial charge in [-0.05, 0) is 49.2 Å². The second-order valence-electron chi connectivity index (χ2n) is 8.03. The third kappa shape index (κ3) is 4.69. The summed E-state index contributed by atoms with van der Waals surface area (Å²) in [6, 6.07) is 9.48. The van der Waals surface area contributed by atoms with Crippen molar-refractivity contribution in [2.24, 2.45) is 0 Å². The van der Waals surface area contributed by atoms with Crippen LogP contribution in [0.2, 0.25) is 0 Å². The summed E-state index contributed by atoms with van der Waals surface area (Å²) >= 11 is 0. The molecule has 7 nitrogen and oxygen atoms in total. The van der Waals surface area contributed by atoms with Gasteiger partial charge in [-0.1, -0.05) is 12.1 Å². The van der Waals surface area contributed by atoms with Crippen molar-refractivity contribution in [2.45, 2.75) is 39.5 Å². The van der Waals surface area contributed by atoms with Gasteiger partial charge < -0.3 is 15.0 Å². The number of ether oxygens (including phenoxy) is 1. The summed E-state index contributed by atoms with van der Waals surface area (Å²) in [5, 5.41) is 2.59. The van der Waals surface area contributed by atoms with E-state index in [2.05, 4.69) is 15.3 Å². The molecular formula is C25H25FN4O3. The number of hydrogen-bond donors (Lipinski definition) is 1. The van der Waals surface area contributed by atoms with E-state index in [-0.39, 0.29) is 30.1 Å². The predicted octanol–water partition coefficient (Wildman–Crippen LogP) is 3.51. The fraction of sp³-hybridized carbons (Fsp3) is 0.280. The Morgan fingerprint density at radius 3 is 2.70 bits per heavy atom. The van der Waals surface area contributed by atoms with E-state index in [4.69, 9.17) is 4.74 Å². The van der Waals surface area contributed by atoms with Gasteiger partial charge in [0.1, 0.15) is 18.2 Å². The molecule has 33 heavy (non-hydrogen) atoms. The van der Waals surface area contributed by atoms with Crippen molar-refractivity contribution in [3.63, 3.8) is 0 Å². The van der Waals surface area contributed by atoms with Crippen LogP contribution in [-0.2, 0) is 24.4 Å². The summed E-state index contributed by atoms with van der Waals surface area (Å²) < 4.78 is 18.9. The first-order valence-corrected chi connectivity index (χ1v) is 10.7. The zero-order chi connectivity index (χ0) is 23.5. The van der Waals surface area contributed by atoms with Gasteiger partial charge in [-0.15, -0.1) is 0 Å². The van der Waals surface area contributed by atoms with Crippen molar-refractivity contribution in [1.29, 1.82) is 0 Å². The van der Waals surface area contributed by atoms with Gasteiger partial charge in [0, 0.05) is 30.9 Å². The van der Waals surface area contributed by atoms with Crippen molar-refractivity contribution >= 4 is 11.8 Å². The van der Waals surface area contributed by atoms with E-state index in [9.17, 15) is 14.0 Å². The number of rotatable bonds is 7. The maximum absolute atomic E-state index is 13.1. The number of pyridine rings is 2. The lowest BCUT2D eigenvalue weighted by atomic mass is 10.1. The number of amides is 2. The number of benzene rings is 1. The average Bonchev–Trinajstić information content (AvgIpc) is 3.16. The topological polar surface area (TPSA) is 84.4 Å². The Morgan fingerprint density at radius 1 is 1.24 bits per heavy atom. The largest absolute Gasteiger partial charge is 0.487 e. The molecule has 2 aromatic heterocycles. The quantitative estimate of drug-likeness (QED) is 0.598. The molecular weight excluding hydrogens is 423 g/mol. The standard InChI is InChI=1S/C25H25FN4O3/c1-15-10-21(29-12-23(15)33-14-17-4-6-18(26)7-5-17)16(2)30-13-20-19(25(30)32)8-9-28-22(20)11-24(31)27-3/h4-10,12,16H,11,13-14H2,1-3H3,(H,27,31). The molecule has 1 atom stereocenters. The molecule has 1 aliphatic heterocycles. The molecule has 3 heterocycles. The van der Waals surface area contributed by atoms with Crippen LogP contribution in [0.25, 0.3) is 0 Å². The first kappa shape index (κ1) is 22.4. The van der Waals surface area contributed by atoms with E-state index in [1.54, 1.807) is 42.5 Å². The Bertz CT molecular complexity index is 1200. The number of aryl methyl sites for hydroxylation is 1. The minimum atomic E-state index is -0.287. The molecule has 2 amide bonds. The van der Waals surface area contributed by atoms with Crippen LogP contribution < -0.4 is 10.1 Å². The summed E-state index contributed by atoms with van der Waals surface area (Å²) in [4.78, 5) is 35.5. The molecule has 8 heteroatoms. The van der Waals surface area contributed by atoms with Crippen molar-refractivity contribution in [2.75, 3.05) is 7.05 Å². The predicted molar refractivity (Wildman–Crippen MR) is 120 cm³/mol. The maximum Gasteiger partial charge on any atom is 0.255 e. The zero-order valence-corrected chi connectivity index (χ0v) is 18.8. The van der Waals surface area contributed by atoms with Crippen LogP contribution in [0.15, 0.2) is 48.8 Å². The Hall–Kier alpha value is -3.81. The lowest BCUT2D eigenvalue weighted by molar-refractivity contribution is -0.120. The van der Waals surface area contributed by atoms with Crippen LogP contribution in [-0.4, -0.2) is 33.7 Å². The lowest BCUT2D eigenvalue weighted by Gasteiger charge is -2.24. The summed E-state index contributed by atoms with van der Waals surface area (Å²) in [6.07, 6.45) is 3.35. The average molecular weight is 448 g/mol. The molecule has 1 N–H and O–H groups in total. The molecule has 0 radical (unpaired) electrons. The first-order valence-electron chi connectivity index (χ1n) is 10.7. The lowest BCUT2D eigenvalue weighted by Crippen LogP contribution is -2.28. The van der Waals surface area contributed by atoms with Crippen LogP contribution in [0.5, 0.6) is 5.75 Å². The Kier molecular flexibility index (Phi) is 6.35. The molecule has 1 unspecified atom stereocenters. The smallest absolute Gasteiger partial charge is 0.255 e. The van der Waals surface area contributed by atoms with Gasteiger partial charge in [-0.25, -0.2) is 4.39 Å². The zero-order valence-electron chi connectivity index (χ0n) is 18.8. The molecule has 0 saturated carbocycles. The van der Waals surface area contributed by atoms with Gasteiger partial charge in [0.15, 0.2) is 0 Å². The fourth-order valence-corrected chi connectivity index (χ4v) is 3.86. The van der Waals surface area contributed by atoms with Crippen LogP contribution in [0.1, 0.15) is 51.4 Å². The number of likely N-dealkylation sites (N-methyl/N-ethyl adjacent to an activating group) is 1. The monoisotopic (exact) mass is 448 g/mol. The van der Waals surface area contributed by atoms with E-state index in [0.717, 1.165) is 22.4 Å². The highest BCUT2D eigenvalue weighted by Crippen LogP contribution is 2.33. The summed E-state index contributed by atoms with van der Waals surface area (Å²) in [5.74, 6) is 0.0889. The molecule has 0 saturated heterocycles. The Balaban J connectivity index is 1.48. The van der Waals surface area contributed by atoms with Gasteiger partial charge in [0.25, 0.3) is 5.91 Å². The van der Waals surface area contributed by atoms with E-state index in [0.29, 0.717) is 30.2 Å². The first-order chi connectivity index (χ1) is 15.9. The molecule has 170 valence electrons. The van der Waals surface area contributed by atoms with Gasteiger partial charge in [0.05, 0.1) is 30.0 Å². The molecule has 4 rings (SSSR count). The molecule has 0 spiro atoms. The molecule has 3 aromatic rings. The second kappa shape index (κ2) is 9.36. The number of nitrogens with zero attached hydrogens (tertiary/aromatic N) is 3. The number of aromatic nitrogens is 2. The maximum atomic E-state index is 13.1. The van der Waals surface area contributed by atoms with Crippen molar-refractivity contribution < 1.29 is 18.7 Å². The minimum absolute atomic E-state index is 0.103. The second-order valence-corrected chi connectivity index (χ2v) is 8.03. The summed E-state index contributed by atoms with van der Waals surface area (Å²) in [5.41, 5.74) is 4.46. The highest BCUT2D eigenvalue weighted by molar-refractivity contribution is 5.99. The third-order valence-corrected chi connectivity index (χ3v) is 5.86. The Labute approximate surface area is 191 Å². The SMILES string of the molecule is CNC(=O)Cc1nccc2c1CN(C(C)c1cc(C)c(OCc3ccc(F)cc3)cn1)C2=O. The van der Waals surface area contributed by atoms with Crippen LogP contribution in [0.3, 0.4) is 0 Å². The van der Waals surface area contributed by atoms with Crippen LogP contribution in [0.4, 0.5) is 4.39 Å². The molecule has 0 aliphatic carbocycles. The number of hydrogen-bond acceptors (Lipinski definition) is 5. The summed E-state index contributed by atoms with van der Waals surface area (Å²) in [7, 11) is 1.58. The highest BCUT2D eigenvalue weighted by atomic mass is 19.1. The van der Waals surface area contributed by atoms with Crippen molar-refractivity contribution in [3.8, 4) is 5.75 Å². The number of fused-ring (bicyclic) bond motifs is 1. The number of nitrogens with one attached hydrogen (secondary N) is 1. The molecule has 0 bridgehead atoms. The highest BCUT2D eigenvalue weighted by Gasteiger charge is 2.34. The van der Waals surface area contributed by atoms with Gasteiger partial charge in [0.2, 0.25) is 5.91 Å². The molecule has 1 aromatic carbocycles.